The Balaban J connectivity index is 1.29. The normalized spacial score (nSPS) is 24.8. The lowest BCUT2D eigenvalue weighted by Gasteiger charge is -2.53. The molecule has 0 bridgehead atoms. The van der Waals surface area contributed by atoms with E-state index >= 15 is 0 Å². The molecule has 6 heteroatoms. The van der Waals surface area contributed by atoms with E-state index < -0.39 is 0 Å². The van der Waals surface area contributed by atoms with Crippen LogP contribution in [0.2, 0.25) is 0 Å². The summed E-state index contributed by atoms with van der Waals surface area (Å²) in [4.78, 5) is 15.3. The van der Waals surface area contributed by atoms with E-state index in [1.807, 2.05) is 12.1 Å². The second kappa shape index (κ2) is 5.21. The van der Waals surface area contributed by atoms with Gasteiger partial charge in [-0.2, -0.15) is 0 Å². The average molecular weight is 302 g/mol. The monoisotopic (exact) mass is 302 g/mol. The van der Waals surface area contributed by atoms with Gasteiger partial charge >= 0.3 is 0 Å². The smallest absolute Gasteiger partial charge is 0.269 e. The lowest BCUT2D eigenvalue weighted by molar-refractivity contribution is -0.384. The van der Waals surface area contributed by atoms with E-state index in [2.05, 4.69) is 15.1 Å². The molecule has 0 aliphatic carbocycles. The quantitative estimate of drug-likeness (QED) is 0.677. The van der Waals surface area contributed by atoms with Gasteiger partial charge in [-0.1, -0.05) is 0 Å². The van der Waals surface area contributed by atoms with Crippen LogP contribution in [0.25, 0.3) is 0 Å². The highest BCUT2D eigenvalue weighted by Crippen LogP contribution is 2.37. The molecule has 6 nitrogen and oxygen atoms in total. The number of nitrogens with one attached hydrogen (secondary N) is 1. The number of nitro groups is 1. The first-order valence-electron chi connectivity index (χ1n) is 8.09. The lowest BCUT2D eigenvalue weighted by Crippen LogP contribution is -2.64. The van der Waals surface area contributed by atoms with Gasteiger partial charge in [-0.15, -0.1) is 0 Å². The third-order valence-corrected chi connectivity index (χ3v) is 5.66. The van der Waals surface area contributed by atoms with Gasteiger partial charge in [0.1, 0.15) is 0 Å². The van der Waals surface area contributed by atoms with Crippen molar-refractivity contribution in [3.8, 4) is 0 Å². The van der Waals surface area contributed by atoms with Gasteiger partial charge in [0, 0.05) is 50.0 Å². The molecule has 1 spiro atoms. The second-order valence-corrected chi connectivity index (χ2v) is 6.97. The zero-order valence-electron chi connectivity index (χ0n) is 12.7. The molecule has 118 valence electrons. The summed E-state index contributed by atoms with van der Waals surface area (Å²) in [7, 11) is 0. The third kappa shape index (κ3) is 2.36. The maximum Gasteiger partial charge on any atom is 0.269 e. The van der Waals surface area contributed by atoms with Crippen LogP contribution in [0.3, 0.4) is 0 Å². The van der Waals surface area contributed by atoms with Crippen molar-refractivity contribution in [3.63, 3.8) is 0 Å². The van der Waals surface area contributed by atoms with E-state index in [0.29, 0.717) is 11.5 Å². The molecule has 3 aliphatic heterocycles. The molecule has 3 fully saturated rings. The standard InChI is InChI=1S/C16H22N4O2/c21-20(22)14-3-1-13(2-4-14)19-9-15(10-19)18-7-5-16(6-8-18)11-17-12-16/h1-4,15,17H,5-12H2. The SMILES string of the molecule is O=[N+]([O-])c1ccc(N2CC(N3CCC4(CC3)CNC4)C2)cc1. The Hall–Kier alpha value is -1.66. The molecule has 0 amide bonds. The number of hydrogen-bond donors (Lipinski definition) is 1. The minimum absolute atomic E-state index is 0.163. The van der Waals surface area contributed by atoms with Gasteiger partial charge in [0.15, 0.2) is 0 Å². The molecule has 1 N–H and O–H groups in total. The molecule has 0 atom stereocenters. The van der Waals surface area contributed by atoms with E-state index in [9.17, 15) is 10.1 Å². The van der Waals surface area contributed by atoms with Crippen molar-refractivity contribution >= 4 is 11.4 Å². The number of likely N-dealkylation sites (tertiary alicyclic amines) is 1. The number of nitro benzene ring substituents is 1. The van der Waals surface area contributed by atoms with Crippen LogP contribution in [0.4, 0.5) is 11.4 Å². The van der Waals surface area contributed by atoms with Crippen LogP contribution in [-0.4, -0.2) is 55.1 Å². The largest absolute Gasteiger partial charge is 0.368 e. The number of non-ortho nitro benzene ring substituents is 1. The summed E-state index contributed by atoms with van der Waals surface area (Å²) >= 11 is 0. The molecule has 3 heterocycles. The van der Waals surface area contributed by atoms with Crippen LogP contribution < -0.4 is 10.2 Å². The molecule has 0 unspecified atom stereocenters. The molecule has 3 aliphatic rings. The molecule has 0 aromatic heterocycles. The maximum atomic E-state index is 10.7. The van der Waals surface area contributed by atoms with Gasteiger partial charge in [0.2, 0.25) is 0 Å². The molecular formula is C16H22N4O2. The van der Waals surface area contributed by atoms with E-state index in [1.165, 1.54) is 39.0 Å². The first-order chi connectivity index (χ1) is 10.7. The van der Waals surface area contributed by atoms with Crippen LogP contribution in [0.1, 0.15) is 12.8 Å². The summed E-state index contributed by atoms with van der Waals surface area (Å²) in [5, 5.41) is 14.1. The molecular weight excluding hydrogens is 280 g/mol. The summed E-state index contributed by atoms with van der Waals surface area (Å²) in [6.07, 6.45) is 2.65. The maximum absolute atomic E-state index is 10.7. The van der Waals surface area contributed by atoms with Crippen LogP contribution in [-0.2, 0) is 0 Å². The van der Waals surface area contributed by atoms with Gasteiger partial charge in [0.05, 0.1) is 4.92 Å². The molecule has 0 saturated carbocycles. The Bertz CT molecular complexity index is 554. The fraction of sp³-hybridized carbons (Fsp3) is 0.625. The van der Waals surface area contributed by atoms with E-state index in [0.717, 1.165) is 18.8 Å². The van der Waals surface area contributed by atoms with Gasteiger partial charge in [-0.25, -0.2) is 0 Å². The van der Waals surface area contributed by atoms with Gasteiger partial charge in [-0.05, 0) is 43.5 Å². The number of rotatable bonds is 3. The number of hydrogen-bond acceptors (Lipinski definition) is 5. The predicted molar refractivity (Wildman–Crippen MR) is 85.2 cm³/mol. The molecule has 22 heavy (non-hydrogen) atoms. The van der Waals surface area contributed by atoms with Gasteiger partial charge < -0.3 is 10.2 Å². The number of nitrogens with zero attached hydrogens (tertiary/aromatic N) is 3. The number of anilines is 1. The van der Waals surface area contributed by atoms with Crippen LogP contribution >= 0.6 is 0 Å². The van der Waals surface area contributed by atoms with E-state index in [4.69, 9.17) is 0 Å². The van der Waals surface area contributed by atoms with Crippen molar-refractivity contribution in [1.82, 2.24) is 10.2 Å². The molecule has 4 rings (SSSR count). The van der Waals surface area contributed by atoms with Gasteiger partial charge in [0.25, 0.3) is 5.69 Å². The van der Waals surface area contributed by atoms with Crippen LogP contribution in [0, 0.1) is 15.5 Å². The van der Waals surface area contributed by atoms with E-state index in [-0.39, 0.29) is 10.6 Å². The Morgan fingerprint density at radius 1 is 1.14 bits per heavy atom. The topological polar surface area (TPSA) is 61.7 Å². The number of piperidine rings is 1. The zero-order chi connectivity index (χ0) is 15.2. The molecule has 0 radical (unpaired) electrons. The summed E-state index contributed by atoms with van der Waals surface area (Å²) in [6, 6.07) is 7.56. The Kier molecular flexibility index (Phi) is 3.31. The summed E-state index contributed by atoms with van der Waals surface area (Å²) in [5.74, 6) is 0. The Morgan fingerprint density at radius 2 is 1.77 bits per heavy atom. The Labute approximate surface area is 130 Å². The van der Waals surface area contributed by atoms with Crippen molar-refractivity contribution in [2.45, 2.75) is 18.9 Å². The highest BCUT2D eigenvalue weighted by atomic mass is 16.6. The van der Waals surface area contributed by atoms with Crippen LogP contribution in [0.15, 0.2) is 24.3 Å². The molecule has 1 aromatic rings. The fourth-order valence-electron chi connectivity index (χ4n) is 3.88. The molecule has 1 aromatic carbocycles. The summed E-state index contributed by atoms with van der Waals surface area (Å²) < 4.78 is 0. The van der Waals surface area contributed by atoms with Crippen molar-refractivity contribution in [3.05, 3.63) is 34.4 Å². The van der Waals surface area contributed by atoms with Crippen molar-refractivity contribution in [2.24, 2.45) is 5.41 Å². The van der Waals surface area contributed by atoms with Crippen LogP contribution in [0.5, 0.6) is 0 Å². The Morgan fingerprint density at radius 3 is 2.27 bits per heavy atom. The zero-order valence-corrected chi connectivity index (χ0v) is 12.7. The first-order valence-corrected chi connectivity index (χ1v) is 8.09. The predicted octanol–water partition coefficient (Wildman–Crippen LogP) is 1.47. The highest BCUT2D eigenvalue weighted by Gasteiger charge is 2.42. The lowest BCUT2D eigenvalue weighted by atomic mass is 9.73. The van der Waals surface area contributed by atoms with Crippen molar-refractivity contribution < 1.29 is 4.92 Å². The minimum atomic E-state index is -0.346. The van der Waals surface area contributed by atoms with Gasteiger partial charge in [-0.3, -0.25) is 15.0 Å². The van der Waals surface area contributed by atoms with Crippen molar-refractivity contribution in [2.75, 3.05) is 44.2 Å². The second-order valence-electron chi connectivity index (χ2n) is 6.97. The number of benzene rings is 1. The third-order valence-electron chi connectivity index (χ3n) is 5.66. The average Bonchev–Trinajstić information content (AvgIpc) is 2.45. The molecule has 3 saturated heterocycles. The van der Waals surface area contributed by atoms with Crippen molar-refractivity contribution in [1.29, 1.82) is 0 Å². The minimum Gasteiger partial charge on any atom is -0.368 e. The highest BCUT2D eigenvalue weighted by molar-refractivity contribution is 5.53. The first kappa shape index (κ1) is 14.0. The van der Waals surface area contributed by atoms with E-state index in [1.54, 1.807) is 12.1 Å². The summed E-state index contributed by atoms with van der Waals surface area (Å²) in [6.45, 7) is 6.95. The summed E-state index contributed by atoms with van der Waals surface area (Å²) in [5.41, 5.74) is 1.87. The fourth-order valence-corrected chi connectivity index (χ4v) is 3.88.